The molecule has 0 spiro atoms. The second kappa shape index (κ2) is 6.36. The third-order valence-electron chi connectivity index (χ3n) is 2.30. The molecule has 96 valence electrons. The molecule has 0 aliphatic rings. The molecule has 0 unspecified atom stereocenters. The highest BCUT2D eigenvalue weighted by atomic mass is 35.5. The van der Waals surface area contributed by atoms with Crippen LogP contribution in [0, 0.1) is 0 Å². The lowest BCUT2D eigenvalue weighted by molar-refractivity contribution is 0.0519. The maximum absolute atomic E-state index is 11.6. The van der Waals surface area contributed by atoms with Crippen LogP contribution in [0.5, 0.6) is 0 Å². The Hall–Kier alpha value is -1.84. The highest BCUT2D eigenvalue weighted by Crippen LogP contribution is 2.19. The van der Waals surface area contributed by atoms with Gasteiger partial charge in [0.05, 0.1) is 16.8 Å². The molecule has 0 amide bonds. The van der Waals surface area contributed by atoms with Crippen molar-refractivity contribution in [2.45, 2.75) is 0 Å². The van der Waals surface area contributed by atoms with Gasteiger partial charge >= 0.3 is 5.97 Å². The number of carbonyl (C=O) groups is 1. The highest BCUT2D eigenvalue weighted by Gasteiger charge is 2.05. The van der Waals surface area contributed by atoms with E-state index in [0.29, 0.717) is 21.2 Å². The van der Waals surface area contributed by atoms with Gasteiger partial charge in [-0.25, -0.2) is 4.79 Å². The zero-order chi connectivity index (χ0) is 13.7. The number of carbonyl (C=O) groups excluding carboxylic acids is 1. The van der Waals surface area contributed by atoms with Crippen molar-refractivity contribution in [2.75, 3.05) is 0 Å². The smallest absolute Gasteiger partial charge is 0.313 e. The maximum Gasteiger partial charge on any atom is 0.365 e. The van der Waals surface area contributed by atoms with Crippen molar-refractivity contribution < 1.29 is 9.63 Å². The summed E-state index contributed by atoms with van der Waals surface area (Å²) in [5.74, 6) is -0.526. The van der Waals surface area contributed by atoms with Crippen LogP contribution >= 0.6 is 23.2 Å². The Balaban J connectivity index is 2.02. The summed E-state index contributed by atoms with van der Waals surface area (Å²) in [6.45, 7) is 0. The summed E-state index contributed by atoms with van der Waals surface area (Å²) in [6.07, 6.45) is 1.36. The molecule has 2 aromatic carbocycles. The van der Waals surface area contributed by atoms with Crippen LogP contribution in [0.3, 0.4) is 0 Å². The van der Waals surface area contributed by atoms with Gasteiger partial charge in [-0.05, 0) is 24.3 Å². The van der Waals surface area contributed by atoms with Crippen LogP contribution in [0.2, 0.25) is 10.0 Å². The highest BCUT2D eigenvalue weighted by molar-refractivity contribution is 6.36. The van der Waals surface area contributed by atoms with Gasteiger partial charge in [-0.1, -0.05) is 52.6 Å². The molecule has 0 heterocycles. The summed E-state index contributed by atoms with van der Waals surface area (Å²) in [5, 5.41) is 4.57. The fraction of sp³-hybridized carbons (Fsp3) is 0. The number of rotatable bonds is 3. The molecule has 19 heavy (non-hydrogen) atoms. The van der Waals surface area contributed by atoms with Crippen molar-refractivity contribution in [1.82, 2.24) is 0 Å². The first-order valence-electron chi connectivity index (χ1n) is 5.41. The molecule has 0 saturated carbocycles. The first kappa shape index (κ1) is 13.6. The molecule has 0 aromatic heterocycles. The Morgan fingerprint density at radius 1 is 1.11 bits per heavy atom. The largest absolute Gasteiger partial charge is 0.365 e. The molecule has 2 aromatic rings. The minimum absolute atomic E-state index is 0.432. The fourth-order valence-corrected chi connectivity index (χ4v) is 1.82. The zero-order valence-electron chi connectivity index (χ0n) is 9.72. The van der Waals surface area contributed by atoms with Crippen LogP contribution in [0.1, 0.15) is 15.9 Å². The van der Waals surface area contributed by atoms with Gasteiger partial charge in [0, 0.05) is 10.6 Å². The van der Waals surface area contributed by atoms with E-state index in [1.54, 1.807) is 42.5 Å². The lowest BCUT2D eigenvalue weighted by Gasteiger charge is -1.99. The van der Waals surface area contributed by atoms with Crippen molar-refractivity contribution in [2.24, 2.45) is 5.16 Å². The summed E-state index contributed by atoms with van der Waals surface area (Å²) in [7, 11) is 0. The van der Waals surface area contributed by atoms with E-state index in [-0.39, 0.29) is 0 Å². The predicted molar refractivity (Wildman–Crippen MR) is 75.9 cm³/mol. The van der Waals surface area contributed by atoms with Crippen molar-refractivity contribution in [3.05, 3.63) is 69.7 Å². The topological polar surface area (TPSA) is 38.7 Å². The molecule has 5 heteroatoms. The number of oxime groups is 1. The molecule has 0 N–H and O–H groups in total. The Morgan fingerprint density at radius 2 is 1.84 bits per heavy atom. The van der Waals surface area contributed by atoms with Crippen LogP contribution in [0.4, 0.5) is 0 Å². The van der Waals surface area contributed by atoms with Crippen LogP contribution in [-0.4, -0.2) is 12.2 Å². The summed E-state index contributed by atoms with van der Waals surface area (Å²) in [4.78, 5) is 16.3. The SMILES string of the molecule is O=C(ON=Cc1ccc(Cl)cc1Cl)c1ccccc1. The van der Waals surface area contributed by atoms with E-state index in [1.807, 2.05) is 6.07 Å². The molecule has 0 bridgehead atoms. The molecular weight excluding hydrogens is 285 g/mol. The van der Waals surface area contributed by atoms with E-state index < -0.39 is 5.97 Å². The van der Waals surface area contributed by atoms with E-state index in [0.717, 1.165) is 0 Å². The van der Waals surface area contributed by atoms with Gasteiger partial charge in [0.2, 0.25) is 0 Å². The van der Waals surface area contributed by atoms with E-state index in [4.69, 9.17) is 28.0 Å². The molecule has 0 aliphatic carbocycles. The lowest BCUT2D eigenvalue weighted by atomic mass is 10.2. The zero-order valence-corrected chi connectivity index (χ0v) is 11.2. The average molecular weight is 294 g/mol. The number of benzene rings is 2. The molecule has 3 nitrogen and oxygen atoms in total. The maximum atomic E-state index is 11.6. The van der Waals surface area contributed by atoms with E-state index in [2.05, 4.69) is 5.16 Å². The van der Waals surface area contributed by atoms with Crippen molar-refractivity contribution >= 4 is 35.4 Å². The fourth-order valence-electron chi connectivity index (χ4n) is 1.36. The van der Waals surface area contributed by atoms with E-state index in [1.165, 1.54) is 6.21 Å². The number of hydrogen-bond donors (Lipinski definition) is 0. The van der Waals surface area contributed by atoms with Gasteiger partial charge in [-0.15, -0.1) is 0 Å². The quantitative estimate of drug-likeness (QED) is 0.484. The Bertz CT molecular complexity index is 612. The average Bonchev–Trinajstić information content (AvgIpc) is 2.42. The second-order valence-corrected chi connectivity index (χ2v) is 4.49. The summed E-state index contributed by atoms with van der Waals surface area (Å²) >= 11 is 11.7. The number of nitrogens with zero attached hydrogens (tertiary/aromatic N) is 1. The normalized spacial score (nSPS) is 10.6. The molecular formula is C14H9Cl2NO2. The molecule has 0 aliphatic heterocycles. The lowest BCUT2D eigenvalue weighted by Crippen LogP contribution is -2.00. The molecule has 0 fully saturated rings. The van der Waals surface area contributed by atoms with Gasteiger partial charge in [-0.3, -0.25) is 0 Å². The Kier molecular flexibility index (Phi) is 4.55. The van der Waals surface area contributed by atoms with Crippen molar-refractivity contribution in [3.63, 3.8) is 0 Å². The standard InChI is InChI=1S/C14H9Cl2NO2/c15-12-7-6-11(13(16)8-12)9-17-19-14(18)10-4-2-1-3-5-10/h1-9H. The van der Waals surface area contributed by atoms with Crippen LogP contribution in [0.25, 0.3) is 0 Å². The third-order valence-corrected chi connectivity index (χ3v) is 2.86. The van der Waals surface area contributed by atoms with Crippen molar-refractivity contribution in [1.29, 1.82) is 0 Å². The van der Waals surface area contributed by atoms with Gasteiger partial charge in [-0.2, -0.15) is 0 Å². The Labute approximate surface area is 120 Å². The van der Waals surface area contributed by atoms with Crippen molar-refractivity contribution in [3.8, 4) is 0 Å². The third kappa shape index (κ3) is 3.81. The molecule has 0 radical (unpaired) electrons. The monoisotopic (exact) mass is 293 g/mol. The van der Waals surface area contributed by atoms with Crippen LogP contribution in [-0.2, 0) is 4.84 Å². The van der Waals surface area contributed by atoms with Gasteiger partial charge in [0.15, 0.2) is 0 Å². The second-order valence-electron chi connectivity index (χ2n) is 3.65. The summed E-state index contributed by atoms with van der Waals surface area (Å²) in [6, 6.07) is 13.5. The first-order valence-corrected chi connectivity index (χ1v) is 6.17. The Morgan fingerprint density at radius 3 is 2.53 bits per heavy atom. The minimum Gasteiger partial charge on any atom is -0.313 e. The van der Waals surface area contributed by atoms with Gasteiger partial charge < -0.3 is 4.84 Å². The number of halogens is 2. The first-order chi connectivity index (χ1) is 9.16. The van der Waals surface area contributed by atoms with Gasteiger partial charge in [0.25, 0.3) is 0 Å². The minimum atomic E-state index is -0.526. The van der Waals surface area contributed by atoms with E-state index in [9.17, 15) is 4.79 Å². The summed E-state index contributed by atoms with van der Waals surface area (Å²) < 4.78 is 0. The molecule has 2 rings (SSSR count). The van der Waals surface area contributed by atoms with Gasteiger partial charge in [0.1, 0.15) is 0 Å². The van der Waals surface area contributed by atoms with Crippen LogP contribution in [0.15, 0.2) is 53.7 Å². The van der Waals surface area contributed by atoms with Crippen LogP contribution < -0.4 is 0 Å². The molecule has 0 saturated heterocycles. The summed E-state index contributed by atoms with van der Waals surface area (Å²) in [5.41, 5.74) is 1.05. The number of hydrogen-bond acceptors (Lipinski definition) is 3. The van der Waals surface area contributed by atoms with E-state index >= 15 is 0 Å². The molecule has 0 atom stereocenters. The predicted octanol–water partition coefficient (Wildman–Crippen LogP) is 4.18.